The minimum Gasteiger partial charge on any atom is -0.372 e. The van der Waals surface area contributed by atoms with Crippen molar-refractivity contribution in [1.82, 2.24) is 5.32 Å². The number of hydrogen-bond donors (Lipinski definition) is 1. The van der Waals surface area contributed by atoms with Crippen LogP contribution in [0, 0.1) is 5.92 Å². The molecule has 0 spiro atoms. The monoisotopic (exact) mass is 227 g/mol. The second-order valence-electron chi connectivity index (χ2n) is 4.83. The van der Waals surface area contributed by atoms with E-state index in [0.717, 1.165) is 6.42 Å². The van der Waals surface area contributed by atoms with Gasteiger partial charge in [-0.1, -0.05) is 26.2 Å². The van der Waals surface area contributed by atoms with Crippen molar-refractivity contribution in [2.75, 3.05) is 7.11 Å². The van der Waals surface area contributed by atoms with E-state index in [-0.39, 0.29) is 12.0 Å². The van der Waals surface area contributed by atoms with E-state index in [1.54, 1.807) is 14.0 Å². The number of carbonyl (C=O) groups is 1. The van der Waals surface area contributed by atoms with Crippen LogP contribution in [0.3, 0.4) is 0 Å². The van der Waals surface area contributed by atoms with E-state index < -0.39 is 0 Å². The Balaban J connectivity index is 2.45. The van der Waals surface area contributed by atoms with Gasteiger partial charge >= 0.3 is 0 Å². The molecule has 0 bridgehead atoms. The fraction of sp³-hybridized carbons (Fsp3) is 0.923. The van der Waals surface area contributed by atoms with Crippen molar-refractivity contribution in [1.29, 1.82) is 0 Å². The Labute approximate surface area is 98.9 Å². The molecule has 1 aliphatic rings. The average Bonchev–Trinajstić information content (AvgIpc) is 2.31. The van der Waals surface area contributed by atoms with Crippen molar-refractivity contribution in [2.45, 2.75) is 64.5 Å². The first kappa shape index (κ1) is 13.5. The summed E-state index contributed by atoms with van der Waals surface area (Å²) in [6.45, 7) is 4.01. The maximum atomic E-state index is 11.8. The predicted molar refractivity (Wildman–Crippen MR) is 65.3 cm³/mol. The molecule has 0 aliphatic heterocycles. The van der Waals surface area contributed by atoms with Gasteiger partial charge in [0.15, 0.2) is 0 Å². The summed E-state index contributed by atoms with van der Waals surface area (Å²) in [6, 6.07) is 0.374. The summed E-state index contributed by atoms with van der Waals surface area (Å²) < 4.78 is 5.04. The van der Waals surface area contributed by atoms with Crippen molar-refractivity contribution in [3.8, 4) is 0 Å². The molecule has 3 nitrogen and oxygen atoms in total. The Kier molecular flexibility index (Phi) is 5.81. The van der Waals surface area contributed by atoms with Gasteiger partial charge in [-0.15, -0.1) is 0 Å². The Morgan fingerprint density at radius 1 is 1.44 bits per heavy atom. The van der Waals surface area contributed by atoms with Crippen molar-refractivity contribution < 1.29 is 9.53 Å². The van der Waals surface area contributed by atoms with Gasteiger partial charge in [0.25, 0.3) is 0 Å². The summed E-state index contributed by atoms with van der Waals surface area (Å²) in [5.41, 5.74) is 0. The maximum absolute atomic E-state index is 11.8. The Bertz CT molecular complexity index is 216. The second kappa shape index (κ2) is 6.89. The van der Waals surface area contributed by atoms with E-state index in [0.29, 0.717) is 12.0 Å². The number of nitrogens with one attached hydrogen (secondary N) is 1. The molecule has 0 saturated heterocycles. The molecule has 0 unspecified atom stereocenters. The lowest BCUT2D eigenvalue weighted by Gasteiger charge is -2.32. The minimum atomic E-state index is -0.329. The van der Waals surface area contributed by atoms with E-state index in [4.69, 9.17) is 4.74 Å². The average molecular weight is 227 g/mol. The first-order chi connectivity index (χ1) is 7.69. The zero-order valence-corrected chi connectivity index (χ0v) is 10.8. The first-order valence-corrected chi connectivity index (χ1v) is 6.52. The molecule has 16 heavy (non-hydrogen) atoms. The minimum absolute atomic E-state index is 0.0375. The molecule has 0 aromatic heterocycles. The fourth-order valence-corrected chi connectivity index (χ4v) is 2.52. The van der Waals surface area contributed by atoms with E-state index in [1.807, 2.05) is 0 Å². The van der Waals surface area contributed by atoms with Crippen LogP contribution >= 0.6 is 0 Å². The number of ether oxygens (including phenoxy) is 1. The lowest BCUT2D eigenvalue weighted by molar-refractivity contribution is -0.131. The molecule has 94 valence electrons. The summed E-state index contributed by atoms with van der Waals surface area (Å²) in [5, 5.41) is 3.14. The van der Waals surface area contributed by atoms with Crippen LogP contribution in [0.2, 0.25) is 0 Å². The summed E-state index contributed by atoms with van der Waals surface area (Å²) >= 11 is 0. The Morgan fingerprint density at radius 2 is 2.12 bits per heavy atom. The van der Waals surface area contributed by atoms with E-state index in [9.17, 15) is 4.79 Å². The molecule has 1 N–H and O–H groups in total. The quantitative estimate of drug-likeness (QED) is 0.783. The van der Waals surface area contributed by atoms with E-state index in [1.165, 1.54) is 32.1 Å². The molecule has 3 heteroatoms. The SMILES string of the molecule is CCC[C@@H]1CCCC[C@H]1NC(=O)[C@H](C)OC. The number of hydrogen-bond acceptors (Lipinski definition) is 2. The van der Waals surface area contributed by atoms with Crippen molar-refractivity contribution in [3.63, 3.8) is 0 Å². The highest BCUT2D eigenvalue weighted by Gasteiger charge is 2.26. The van der Waals surface area contributed by atoms with Crippen LogP contribution in [0.5, 0.6) is 0 Å². The molecule has 0 radical (unpaired) electrons. The molecular weight excluding hydrogens is 202 g/mol. The molecular formula is C13H25NO2. The van der Waals surface area contributed by atoms with Crippen LogP contribution in [-0.2, 0) is 9.53 Å². The lowest BCUT2D eigenvalue weighted by atomic mass is 9.82. The standard InChI is InChI=1S/C13H25NO2/c1-4-7-11-8-5-6-9-12(11)14-13(15)10(2)16-3/h10-12H,4-9H2,1-3H3,(H,14,15)/t10-,11+,12+/m0/s1. The number of methoxy groups -OCH3 is 1. The number of carbonyl (C=O) groups excluding carboxylic acids is 1. The van der Waals surface area contributed by atoms with Crippen molar-refractivity contribution >= 4 is 5.91 Å². The van der Waals surface area contributed by atoms with Gasteiger partial charge in [-0.2, -0.15) is 0 Å². The summed E-state index contributed by atoms with van der Waals surface area (Å²) in [5.74, 6) is 0.710. The topological polar surface area (TPSA) is 38.3 Å². The van der Waals surface area contributed by atoms with Crippen LogP contribution in [0.1, 0.15) is 52.4 Å². The summed E-state index contributed by atoms with van der Waals surface area (Å²) in [4.78, 5) is 11.8. The lowest BCUT2D eigenvalue weighted by Crippen LogP contribution is -2.46. The molecule has 0 heterocycles. The van der Waals surface area contributed by atoms with Gasteiger partial charge in [0.05, 0.1) is 0 Å². The Hall–Kier alpha value is -0.570. The fourth-order valence-electron chi connectivity index (χ4n) is 2.52. The molecule has 1 aliphatic carbocycles. The van der Waals surface area contributed by atoms with E-state index in [2.05, 4.69) is 12.2 Å². The Morgan fingerprint density at radius 3 is 2.75 bits per heavy atom. The largest absolute Gasteiger partial charge is 0.372 e. The molecule has 1 amide bonds. The molecule has 0 aromatic carbocycles. The number of rotatable bonds is 5. The van der Waals surface area contributed by atoms with Gasteiger partial charge in [-0.05, 0) is 32.1 Å². The van der Waals surface area contributed by atoms with Gasteiger partial charge in [0.2, 0.25) is 5.91 Å². The smallest absolute Gasteiger partial charge is 0.249 e. The summed E-state index contributed by atoms with van der Waals surface area (Å²) in [7, 11) is 1.58. The normalized spacial score (nSPS) is 27.4. The highest BCUT2D eigenvalue weighted by Crippen LogP contribution is 2.28. The van der Waals surface area contributed by atoms with Gasteiger partial charge in [0.1, 0.15) is 6.10 Å². The van der Waals surface area contributed by atoms with Crippen LogP contribution in [0.15, 0.2) is 0 Å². The highest BCUT2D eigenvalue weighted by molar-refractivity contribution is 5.80. The number of amides is 1. The van der Waals surface area contributed by atoms with Crippen molar-refractivity contribution in [3.05, 3.63) is 0 Å². The zero-order valence-electron chi connectivity index (χ0n) is 10.8. The third-order valence-corrected chi connectivity index (χ3v) is 3.62. The summed E-state index contributed by atoms with van der Waals surface area (Å²) in [6.07, 6.45) is 7.06. The van der Waals surface area contributed by atoms with Crippen molar-refractivity contribution in [2.24, 2.45) is 5.92 Å². The molecule has 3 atom stereocenters. The van der Waals surface area contributed by atoms with Crippen LogP contribution < -0.4 is 5.32 Å². The van der Waals surface area contributed by atoms with Crippen LogP contribution in [-0.4, -0.2) is 25.2 Å². The van der Waals surface area contributed by atoms with Gasteiger partial charge < -0.3 is 10.1 Å². The molecule has 0 aromatic rings. The van der Waals surface area contributed by atoms with Crippen LogP contribution in [0.25, 0.3) is 0 Å². The molecule has 1 fully saturated rings. The predicted octanol–water partition coefficient (Wildman–Crippen LogP) is 2.50. The molecule has 1 rings (SSSR count). The van der Waals surface area contributed by atoms with Crippen LogP contribution in [0.4, 0.5) is 0 Å². The second-order valence-corrected chi connectivity index (χ2v) is 4.83. The van der Waals surface area contributed by atoms with Gasteiger partial charge in [-0.3, -0.25) is 4.79 Å². The third kappa shape index (κ3) is 3.78. The van der Waals surface area contributed by atoms with E-state index >= 15 is 0 Å². The maximum Gasteiger partial charge on any atom is 0.249 e. The van der Waals surface area contributed by atoms with Gasteiger partial charge in [-0.25, -0.2) is 0 Å². The third-order valence-electron chi connectivity index (χ3n) is 3.62. The molecule has 1 saturated carbocycles. The van der Waals surface area contributed by atoms with Gasteiger partial charge in [0, 0.05) is 13.2 Å². The zero-order chi connectivity index (χ0) is 12.0. The first-order valence-electron chi connectivity index (χ1n) is 6.52. The highest BCUT2D eigenvalue weighted by atomic mass is 16.5.